The van der Waals surface area contributed by atoms with Gasteiger partial charge in [-0.2, -0.15) is 0 Å². The Morgan fingerprint density at radius 2 is 2.09 bits per heavy atom. The SMILES string of the molecule is CCOC(=O)C1CCN(C(=O)NCc2cccc(Cl)c2)CC1. The predicted octanol–water partition coefficient (Wildman–Crippen LogP) is 2.82. The Morgan fingerprint density at radius 1 is 1.36 bits per heavy atom. The summed E-state index contributed by atoms with van der Waals surface area (Å²) in [6.07, 6.45) is 1.31. The average molecular weight is 325 g/mol. The van der Waals surface area contributed by atoms with Crippen molar-refractivity contribution >= 4 is 23.6 Å². The van der Waals surface area contributed by atoms with Gasteiger partial charge < -0.3 is 15.0 Å². The number of benzene rings is 1. The van der Waals surface area contributed by atoms with Gasteiger partial charge in [-0.15, -0.1) is 0 Å². The van der Waals surface area contributed by atoms with Gasteiger partial charge in [0, 0.05) is 24.7 Å². The molecule has 22 heavy (non-hydrogen) atoms. The maximum absolute atomic E-state index is 12.1. The van der Waals surface area contributed by atoms with Crippen molar-refractivity contribution in [1.82, 2.24) is 10.2 Å². The van der Waals surface area contributed by atoms with E-state index in [0.29, 0.717) is 44.1 Å². The van der Waals surface area contributed by atoms with Crippen molar-refractivity contribution in [3.8, 4) is 0 Å². The molecule has 0 aliphatic carbocycles. The van der Waals surface area contributed by atoms with Crippen LogP contribution < -0.4 is 5.32 Å². The molecule has 1 aromatic rings. The van der Waals surface area contributed by atoms with Gasteiger partial charge in [-0.1, -0.05) is 23.7 Å². The molecular weight excluding hydrogens is 304 g/mol. The quantitative estimate of drug-likeness (QED) is 0.866. The van der Waals surface area contributed by atoms with Gasteiger partial charge in [-0.25, -0.2) is 4.79 Å². The number of hydrogen-bond donors (Lipinski definition) is 1. The van der Waals surface area contributed by atoms with Gasteiger partial charge in [0.05, 0.1) is 12.5 Å². The summed E-state index contributed by atoms with van der Waals surface area (Å²) in [5.74, 6) is -0.238. The van der Waals surface area contributed by atoms with Crippen LogP contribution in [0.15, 0.2) is 24.3 Å². The highest BCUT2D eigenvalue weighted by atomic mass is 35.5. The number of esters is 1. The molecule has 2 rings (SSSR count). The first-order valence-corrected chi connectivity index (χ1v) is 7.91. The van der Waals surface area contributed by atoms with E-state index in [9.17, 15) is 9.59 Å². The van der Waals surface area contributed by atoms with E-state index in [4.69, 9.17) is 16.3 Å². The highest BCUT2D eigenvalue weighted by Crippen LogP contribution is 2.19. The molecule has 1 aliphatic rings. The number of carbonyl (C=O) groups is 2. The first-order chi connectivity index (χ1) is 10.6. The summed E-state index contributed by atoms with van der Waals surface area (Å²) in [7, 11) is 0. The number of halogens is 1. The first kappa shape index (κ1) is 16.6. The molecule has 2 amide bonds. The molecule has 0 radical (unpaired) electrons. The van der Waals surface area contributed by atoms with E-state index in [0.717, 1.165) is 5.56 Å². The van der Waals surface area contributed by atoms with Gasteiger partial charge in [-0.3, -0.25) is 4.79 Å². The van der Waals surface area contributed by atoms with Crippen molar-refractivity contribution < 1.29 is 14.3 Å². The lowest BCUT2D eigenvalue weighted by Crippen LogP contribution is -2.45. The number of piperidine rings is 1. The Kier molecular flexibility index (Phi) is 6.07. The van der Waals surface area contributed by atoms with Crippen LogP contribution in [0.25, 0.3) is 0 Å². The van der Waals surface area contributed by atoms with E-state index >= 15 is 0 Å². The van der Waals surface area contributed by atoms with Crippen molar-refractivity contribution in [3.63, 3.8) is 0 Å². The van der Waals surface area contributed by atoms with Crippen molar-refractivity contribution in [2.45, 2.75) is 26.3 Å². The fourth-order valence-electron chi connectivity index (χ4n) is 2.51. The van der Waals surface area contributed by atoms with Crippen molar-refractivity contribution in [3.05, 3.63) is 34.9 Å². The molecule has 0 bridgehead atoms. The van der Waals surface area contributed by atoms with E-state index in [1.54, 1.807) is 17.9 Å². The molecule has 0 aromatic heterocycles. The Hall–Kier alpha value is -1.75. The zero-order valence-electron chi connectivity index (χ0n) is 12.7. The third-order valence-corrected chi connectivity index (χ3v) is 3.97. The summed E-state index contributed by atoms with van der Waals surface area (Å²) >= 11 is 5.91. The zero-order chi connectivity index (χ0) is 15.9. The lowest BCUT2D eigenvalue weighted by molar-refractivity contribution is -0.149. The Labute approximate surface area is 135 Å². The number of nitrogens with zero attached hydrogens (tertiary/aromatic N) is 1. The Balaban J connectivity index is 1.76. The molecule has 1 saturated heterocycles. The molecule has 5 nitrogen and oxygen atoms in total. The van der Waals surface area contributed by atoms with E-state index in [1.165, 1.54) is 0 Å². The summed E-state index contributed by atoms with van der Waals surface area (Å²) in [4.78, 5) is 25.5. The molecule has 1 aromatic carbocycles. The van der Waals surface area contributed by atoms with Crippen LogP contribution >= 0.6 is 11.6 Å². The minimum absolute atomic E-state index is 0.0862. The molecule has 1 heterocycles. The summed E-state index contributed by atoms with van der Waals surface area (Å²) in [5.41, 5.74) is 0.960. The fraction of sp³-hybridized carbons (Fsp3) is 0.500. The molecule has 120 valence electrons. The second kappa shape index (κ2) is 8.03. The van der Waals surface area contributed by atoms with E-state index in [-0.39, 0.29) is 17.9 Å². The maximum Gasteiger partial charge on any atom is 0.317 e. The van der Waals surface area contributed by atoms with E-state index in [1.807, 2.05) is 18.2 Å². The Morgan fingerprint density at radius 3 is 2.73 bits per heavy atom. The average Bonchev–Trinajstić information content (AvgIpc) is 2.53. The topological polar surface area (TPSA) is 58.6 Å². The van der Waals surface area contributed by atoms with Crippen LogP contribution in [0.3, 0.4) is 0 Å². The van der Waals surface area contributed by atoms with Gasteiger partial charge >= 0.3 is 12.0 Å². The minimum atomic E-state index is -0.151. The summed E-state index contributed by atoms with van der Waals surface area (Å²) in [5, 5.41) is 3.53. The summed E-state index contributed by atoms with van der Waals surface area (Å²) in [6, 6.07) is 7.29. The van der Waals surface area contributed by atoms with Crippen LogP contribution in [0.4, 0.5) is 4.79 Å². The Bertz CT molecular complexity index is 528. The number of nitrogens with one attached hydrogen (secondary N) is 1. The van der Waals surface area contributed by atoms with Crippen molar-refractivity contribution in [2.24, 2.45) is 5.92 Å². The minimum Gasteiger partial charge on any atom is -0.466 e. The molecule has 0 unspecified atom stereocenters. The molecule has 0 atom stereocenters. The first-order valence-electron chi connectivity index (χ1n) is 7.54. The second-order valence-electron chi connectivity index (χ2n) is 5.30. The van der Waals surface area contributed by atoms with Crippen molar-refractivity contribution in [1.29, 1.82) is 0 Å². The zero-order valence-corrected chi connectivity index (χ0v) is 13.4. The molecule has 1 fully saturated rings. The summed E-state index contributed by atoms with van der Waals surface area (Å²) in [6.45, 7) is 3.79. The molecule has 1 N–H and O–H groups in total. The monoisotopic (exact) mass is 324 g/mol. The third-order valence-electron chi connectivity index (χ3n) is 3.73. The van der Waals surface area contributed by atoms with Crippen LogP contribution in [0, 0.1) is 5.92 Å². The van der Waals surface area contributed by atoms with Crippen LogP contribution in [-0.4, -0.2) is 36.6 Å². The van der Waals surface area contributed by atoms with Crippen LogP contribution in [0.1, 0.15) is 25.3 Å². The molecule has 6 heteroatoms. The maximum atomic E-state index is 12.1. The number of likely N-dealkylation sites (tertiary alicyclic amines) is 1. The van der Waals surface area contributed by atoms with E-state index < -0.39 is 0 Å². The standard InChI is InChI=1S/C16H21ClN2O3/c1-2-22-15(20)13-6-8-19(9-7-13)16(21)18-11-12-4-3-5-14(17)10-12/h3-5,10,13H,2,6-9,11H2,1H3,(H,18,21). The number of amides is 2. The second-order valence-corrected chi connectivity index (χ2v) is 5.74. The highest BCUT2D eigenvalue weighted by Gasteiger charge is 2.27. The van der Waals surface area contributed by atoms with Gasteiger partial charge in [0.25, 0.3) is 0 Å². The molecular formula is C16H21ClN2O3. The number of hydrogen-bond acceptors (Lipinski definition) is 3. The van der Waals surface area contributed by atoms with Gasteiger partial charge in [0.1, 0.15) is 0 Å². The van der Waals surface area contributed by atoms with Gasteiger partial charge in [-0.05, 0) is 37.5 Å². The molecule has 0 saturated carbocycles. The number of carbonyl (C=O) groups excluding carboxylic acids is 2. The van der Waals surface area contributed by atoms with Gasteiger partial charge in [0.15, 0.2) is 0 Å². The molecule has 0 spiro atoms. The van der Waals surface area contributed by atoms with Crippen LogP contribution in [-0.2, 0) is 16.1 Å². The van der Waals surface area contributed by atoms with E-state index in [2.05, 4.69) is 5.32 Å². The number of ether oxygens (including phenoxy) is 1. The highest BCUT2D eigenvalue weighted by molar-refractivity contribution is 6.30. The van der Waals surface area contributed by atoms with Crippen molar-refractivity contribution in [2.75, 3.05) is 19.7 Å². The lowest BCUT2D eigenvalue weighted by atomic mass is 9.97. The summed E-state index contributed by atoms with van der Waals surface area (Å²) < 4.78 is 5.02. The predicted molar refractivity (Wildman–Crippen MR) is 84.6 cm³/mol. The number of rotatable bonds is 4. The van der Waals surface area contributed by atoms with Gasteiger partial charge in [0.2, 0.25) is 0 Å². The lowest BCUT2D eigenvalue weighted by Gasteiger charge is -2.30. The smallest absolute Gasteiger partial charge is 0.317 e. The molecule has 1 aliphatic heterocycles. The largest absolute Gasteiger partial charge is 0.466 e. The van der Waals surface area contributed by atoms with Crippen LogP contribution in [0.5, 0.6) is 0 Å². The fourth-order valence-corrected chi connectivity index (χ4v) is 2.73. The third kappa shape index (κ3) is 4.63. The van der Waals surface area contributed by atoms with Crippen LogP contribution in [0.2, 0.25) is 5.02 Å². The normalized spacial score (nSPS) is 15.5. The number of urea groups is 1.